The van der Waals surface area contributed by atoms with Crippen LogP contribution in [0.15, 0.2) is 18.2 Å². The second-order valence-electron chi connectivity index (χ2n) is 5.67. The van der Waals surface area contributed by atoms with Crippen molar-refractivity contribution in [1.29, 1.82) is 0 Å². The van der Waals surface area contributed by atoms with Crippen molar-refractivity contribution in [2.45, 2.75) is 25.8 Å². The smallest absolute Gasteiger partial charge is 0.292 e. The molecule has 0 amide bonds. The fourth-order valence-corrected chi connectivity index (χ4v) is 2.93. The summed E-state index contributed by atoms with van der Waals surface area (Å²) < 4.78 is 0. The molecule has 1 aromatic carbocycles. The molecule has 1 saturated heterocycles. The number of benzene rings is 1. The molecule has 1 aliphatic rings. The van der Waals surface area contributed by atoms with E-state index in [4.69, 9.17) is 5.11 Å². The number of aliphatic hydroxyl groups excluding tert-OH is 1. The molecule has 0 aliphatic carbocycles. The Morgan fingerprint density at radius 2 is 2.10 bits per heavy atom. The number of piperidine rings is 1. The van der Waals surface area contributed by atoms with Crippen molar-refractivity contribution in [2.75, 3.05) is 38.2 Å². The van der Waals surface area contributed by atoms with Gasteiger partial charge in [-0.1, -0.05) is 6.07 Å². The van der Waals surface area contributed by atoms with Crippen molar-refractivity contribution in [3.8, 4) is 0 Å². The Bertz CT molecular complexity index is 499. The molecule has 1 aromatic rings. The van der Waals surface area contributed by atoms with Crippen LogP contribution in [0.4, 0.5) is 11.4 Å². The van der Waals surface area contributed by atoms with E-state index >= 15 is 0 Å². The fraction of sp³-hybridized carbons (Fsp3) is 0.600. The molecule has 1 heterocycles. The molecule has 0 saturated carbocycles. The minimum absolute atomic E-state index is 0.167. The Morgan fingerprint density at radius 1 is 1.43 bits per heavy atom. The van der Waals surface area contributed by atoms with Crippen LogP contribution in [-0.4, -0.2) is 54.3 Å². The largest absolute Gasteiger partial charge is 0.395 e. The van der Waals surface area contributed by atoms with Gasteiger partial charge in [-0.25, -0.2) is 0 Å². The number of nitro groups is 1. The summed E-state index contributed by atoms with van der Waals surface area (Å²) >= 11 is 0. The lowest BCUT2D eigenvalue weighted by atomic mass is 10.0. The molecule has 1 aliphatic heterocycles. The van der Waals surface area contributed by atoms with Crippen LogP contribution in [0, 0.1) is 17.0 Å². The number of hydrogen-bond donors (Lipinski definition) is 1. The topological polar surface area (TPSA) is 69.8 Å². The molecular formula is C15H23N3O3. The molecule has 2 rings (SSSR count). The van der Waals surface area contributed by atoms with E-state index in [1.54, 1.807) is 6.07 Å². The van der Waals surface area contributed by atoms with E-state index in [2.05, 4.69) is 9.80 Å². The number of rotatable bonds is 5. The van der Waals surface area contributed by atoms with E-state index in [0.29, 0.717) is 18.3 Å². The molecule has 1 N–H and O–H groups in total. The second-order valence-corrected chi connectivity index (χ2v) is 5.67. The van der Waals surface area contributed by atoms with Gasteiger partial charge in [0.1, 0.15) is 5.69 Å². The normalized spacial score (nSPS) is 16.5. The molecule has 0 spiro atoms. The first-order valence-electron chi connectivity index (χ1n) is 7.34. The van der Waals surface area contributed by atoms with Gasteiger partial charge in [-0.2, -0.15) is 0 Å². The number of anilines is 1. The maximum Gasteiger partial charge on any atom is 0.292 e. The highest BCUT2D eigenvalue weighted by atomic mass is 16.6. The van der Waals surface area contributed by atoms with Gasteiger partial charge in [-0.15, -0.1) is 0 Å². The lowest BCUT2D eigenvalue weighted by Gasteiger charge is -2.37. The molecule has 0 atom stereocenters. The van der Waals surface area contributed by atoms with Crippen LogP contribution < -0.4 is 4.90 Å². The second kappa shape index (κ2) is 6.87. The summed E-state index contributed by atoms with van der Waals surface area (Å²) in [6.07, 6.45) is 1.92. The summed E-state index contributed by atoms with van der Waals surface area (Å²) in [6.45, 7) is 4.33. The van der Waals surface area contributed by atoms with Crippen LogP contribution in [-0.2, 0) is 0 Å². The summed E-state index contributed by atoms with van der Waals surface area (Å²) in [5, 5.41) is 20.2. The maximum atomic E-state index is 11.2. The van der Waals surface area contributed by atoms with Crippen molar-refractivity contribution < 1.29 is 10.0 Å². The molecule has 6 nitrogen and oxygen atoms in total. The van der Waals surface area contributed by atoms with Gasteiger partial charge in [0, 0.05) is 31.7 Å². The maximum absolute atomic E-state index is 11.2. The third-order valence-electron chi connectivity index (χ3n) is 4.21. The van der Waals surface area contributed by atoms with Gasteiger partial charge in [-0.05, 0) is 38.4 Å². The molecule has 21 heavy (non-hydrogen) atoms. The van der Waals surface area contributed by atoms with Crippen LogP contribution in [0.1, 0.15) is 18.4 Å². The van der Waals surface area contributed by atoms with Crippen LogP contribution in [0.2, 0.25) is 0 Å². The molecular weight excluding hydrogens is 270 g/mol. The fourth-order valence-electron chi connectivity index (χ4n) is 2.93. The van der Waals surface area contributed by atoms with E-state index < -0.39 is 0 Å². The first-order chi connectivity index (χ1) is 10.0. The number of aryl methyl sites for hydroxylation is 1. The minimum Gasteiger partial charge on any atom is -0.395 e. The lowest BCUT2D eigenvalue weighted by Crippen LogP contribution is -2.44. The van der Waals surface area contributed by atoms with E-state index in [0.717, 1.165) is 31.5 Å². The van der Waals surface area contributed by atoms with E-state index in [1.807, 2.05) is 26.1 Å². The highest BCUT2D eigenvalue weighted by molar-refractivity contribution is 5.64. The summed E-state index contributed by atoms with van der Waals surface area (Å²) in [6, 6.07) is 5.86. The Balaban J connectivity index is 2.07. The zero-order valence-corrected chi connectivity index (χ0v) is 12.7. The van der Waals surface area contributed by atoms with Gasteiger partial charge >= 0.3 is 0 Å². The Labute approximate surface area is 125 Å². The average Bonchev–Trinajstić information content (AvgIpc) is 2.47. The lowest BCUT2D eigenvalue weighted by molar-refractivity contribution is -0.384. The molecule has 0 bridgehead atoms. The van der Waals surface area contributed by atoms with Crippen LogP contribution in [0.25, 0.3) is 0 Å². The van der Waals surface area contributed by atoms with Crippen molar-refractivity contribution in [1.82, 2.24) is 4.90 Å². The molecule has 1 fully saturated rings. The van der Waals surface area contributed by atoms with Crippen molar-refractivity contribution in [3.05, 3.63) is 33.9 Å². The summed E-state index contributed by atoms with van der Waals surface area (Å²) in [5.74, 6) is 0. The summed E-state index contributed by atoms with van der Waals surface area (Å²) in [4.78, 5) is 15.2. The summed E-state index contributed by atoms with van der Waals surface area (Å²) in [5.41, 5.74) is 1.81. The average molecular weight is 293 g/mol. The highest BCUT2D eigenvalue weighted by Gasteiger charge is 2.26. The molecule has 116 valence electrons. The third-order valence-corrected chi connectivity index (χ3v) is 4.21. The Hall–Kier alpha value is -1.66. The van der Waals surface area contributed by atoms with Crippen molar-refractivity contribution in [2.24, 2.45) is 0 Å². The Morgan fingerprint density at radius 3 is 2.67 bits per heavy atom. The van der Waals surface area contributed by atoms with E-state index in [-0.39, 0.29) is 17.2 Å². The van der Waals surface area contributed by atoms with E-state index in [9.17, 15) is 10.1 Å². The van der Waals surface area contributed by atoms with Gasteiger partial charge in [0.2, 0.25) is 0 Å². The molecule has 0 radical (unpaired) electrons. The third kappa shape index (κ3) is 3.71. The van der Waals surface area contributed by atoms with Gasteiger partial charge in [0.15, 0.2) is 0 Å². The van der Waals surface area contributed by atoms with E-state index in [1.165, 1.54) is 0 Å². The predicted octanol–water partition coefficient (Wildman–Crippen LogP) is 1.80. The molecule has 0 aromatic heterocycles. The number of nitrogens with zero attached hydrogens (tertiary/aromatic N) is 3. The summed E-state index contributed by atoms with van der Waals surface area (Å²) in [7, 11) is 2.02. The van der Waals surface area contributed by atoms with Crippen molar-refractivity contribution in [3.63, 3.8) is 0 Å². The first-order valence-corrected chi connectivity index (χ1v) is 7.34. The van der Waals surface area contributed by atoms with Gasteiger partial charge in [0.05, 0.1) is 11.5 Å². The number of hydrogen-bond acceptors (Lipinski definition) is 5. The number of aliphatic hydroxyl groups is 1. The monoisotopic (exact) mass is 293 g/mol. The van der Waals surface area contributed by atoms with Crippen LogP contribution in [0.5, 0.6) is 0 Å². The SMILES string of the molecule is Cc1ccc(N2CCC(N(C)CCO)CC2)c([N+](=O)[O-])c1. The Kier molecular flexibility index (Phi) is 5.14. The van der Waals surface area contributed by atoms with Gasteiger partial charge in [0.25, 0.3) is 5.69 Å². The standard InChI is InChI=1S/C15H23N3O3/c1-12-3-4-14(15(11-12)18(20)21)17-7-5-13(6-8-17)16(2)9-10-19/h3-4,11,13,19H,5-10H2,1-2H3. The number of likely N-dealkylation sites (N-methyl/N-ethyl adjacent to an activating group) is 1. The van der Waals surface area contributed by atoms with Gasteiger partial charge in [-0.3, -0.25) is 10.1 Å². The van der Waals surface area contributed by atoms with Crippen LogP contribution >= 0.6 is 0 Å². The number of nitro benzene ring substituents is 1. The zero-order chi connectivity index (χ0) is 15.4. The quantitative estimate of drug-likeness (QED) is 0.662. The van der Waals surface area contributed by atoms with Crippen molar-refractivity contribution >= 4 is 11.4 Å². The minimum atomic E-state index is -0.299. The predicted molar refractivity (Wildman–Crippen MR) is 82.8 cm³/mol. The first kappa shape index (κ1) is 15.7. The zero-order valence-electron chi connectivity index (χ0n) is 12.7. The molecule has 0 unspecified atom stereocenters. The molecule has 6 heteroatoms. The van der Waals surface area contributed by atoms with Gasteiger partial charge < -0.3 is 14.9 Å². The van der Waals surface area contributed by atoms with Crippen LogP contribution in [0.3, 0.4) is 0 Å². The highest BCUT2D eigenvalue weighted by Crippen LogP contribution is 2.31.